The third-order valence-electron chi connectivity index (χ3n) is 4.21. The molecule has 3 amide bonds. The zero-order valence-electron chi connectivity index (χ0n) is 14.0. The monoisotopic (exact) mass is 375 g/mol. The molecule has 2 aromatic rings. The molecule has 1 saturated heterocycles. The molecule has 0 aliphatic carbocycles. The van der Waals surface area contributed by atoms with Crippen LogP contribution in [0.15, 0.2) is 53.4 Å². The first-order valence-electron chi connectivity index (χ1n) is 7.98. The molecule has 3 unspecified atom stereocenters. The highest BCUT2D eigenvalue weighted by molar-refractivity contribution is 7.90. The number of hydrogen-bond donors (Lipinski definition) is 3. The van der Waals surface area contributed by atoms with Gasteiger partial charge in [0.25, 0.3) is 0 Å². The van der Waals surface area contributed by atoms with Crippen LogP contribution in [0.1, 0.15) is 11.5 Å². The number of halogens is 1. The van der Waals surface area contributed by atoms with E-state index in [0.717, 1.165) is 5.56 Å². The fourth-order valence-corrected chi connectivity index (χ4v) is 3.37. The van der Waals surface area contributed by atoms with Crippen LogP contribution >= 0.6 is 0 Å². The predicted octanol–water partition coefficient (Wildman–Crippen LogP) is 1.97. The van der Waals surface area contributed by atoms with Crippen molar-refractivity contribution in [3.05, 3.63) is 59.9 Å². The highest BCUT2D eigenvalue weighted by atomic mass is 32.2. The molecule has 0 radical (unpaired) electrons. The van der Waals surface area contributed by atoms with Crippen LogP contribution in [0.5, 0.6) is 0 Å². The molecule has 0 aromatic heterocycles. The molecule has 8 heteroatoms. The van der Waals surface area contributed by atoms with Crippen LogP contribution in [0.25, 0.3) is 0 Å². The Morgan fingerprint density at radius 2 is 1.85 bits per heavy atom. The Bertz CT molecular complexity index is 796. The topological polar surface area (TPSA) is 93.3 Å². The molecule has 1 heterocycles. The molecule has 0 spiro atoms. The Balaban J connectivity index is 1.69. The van der Waals surface area contributed by atoms with E-state index in [1.54, 1.807) is 18.4 Å². The van der Waals surface area contributed by atoms with Gasteiger partial charge in [-0.15, -0.1) is 0 Å². The maximum atomic E-state index is 12.9. The van der Waals surface area contributed by atoms with E-state index in [4.69, 9.17) is 0 Å². The predicted molar refractivity (Wildman–Crippen MR) is 96.9 cm³/mol. The van der Waals surface area contributed by atoms with Gasteiger partial charge in [-0.1, -0.05) is 12.1 Å². The van der Waals surface area contributed by atoms with Crippen LogP contribution in [-0.4, -0.2) is 35.3 Å². The molecule has 0 bridgehead atoms. The number of benzene rings is 2. The highest BCUT2D eigenvalue weighted by Crippen LogP contribution is 2.25. The maximum Gasteiger partial charge on any atom is 0.319 e. The van der Waals surface area contributed by atoms with E-state index in [1.165, 1.54) is 24.3 Å². The molecule has 1 aliphatic heterocycles. The molecular formula is C18H18FN3O3S. The van der Waals surface area contributed by atoms with Crippen molar-refractivity contribution in [2.45, 2.75) is 16.9 Å². The summed E-state index contributed by atoms with van der Waals surface area (Å²) in [5.74, 6) is -0.907. The summed E-state index contributed by atoms with van der Waals surface area (Å²) in [6.07, 6.45) is 1.60. The molecule has 1 aliphatic rings. The summed E-state index contributed by atoms with van der Waals surface area (Å²) in [6, 6.07) is 11.2. The van der Waals surface area contributed by atoms with Crippen molar-refractivity contribution in [3.63, 3.8) is 0 Å². The second-order valence-corrected chi connectivity index (χ2v) is 7.34. The van der Waals surface area contributed by atoms with E-state index < -0.39 is 29.1 Å². The summed E-state index contributed by atoms with van der Waals surface area (Å²) in [5, 5.41) is 7.98. The molecule has 6 nitrogen and oxygen atoms in total. The van der Waals surface area contributed by atoms with Crippen molar-refractivity contribution in [2.24, 2.45) is 0 Å². The lowest BCUT2D eigenvalue weighted by Crippen LogP contribution is -2.44. The van der Waals surface area contributed by atoms with Crippen LogP contribution in [0.2, 0.25) is 0 Å². The summed E-state index contributed by atoms with van der Waals surface area (Å²) in [4.78, 5) is 25.0. The SMILES string of the molecule is C[S+]([O-])c1ccc(C2CNC(=O)C2NC(=O)Nc2ccc(F)cc2)cc1. The van der Waals surface area contributed by atoms with Gasteiger partial charge in [0.05, 0.1) is 0 Å². The summed E-state index contributed by atoms with van der Waals surface area (Å²) < 4.78 is 24.4. The number of rotatable bonds is 4. The van der Waals surface area contributed by atoms with Crippen molar-refractivity contribution < 1.29 is 18.5 Å². The van der Waals surface area contributed by atoms with Crippen LogP contribution in [-0.2, 0) is 16.0 Å². The van der Waals surface area contributed by atoms with E-state index in [-0.39, 0.29) is 11.8 Å². The van der Waals surface area contributed by atoms with Crippen molar-refractivity contribution in [3.8, 4) is 0 Å². The summed E-state index contributed by atoms with van der Waals surface area (Å²) >= 11 is -1.08. The summed E-state index contributed by atoms with van der Waals surface area (Å²) in [5.41, 5.74) is 1.29. The first-order valence-corrected chi connectivity index (χ1v) is 9.54. The van der Waals surface area contributed by atoms with Gasteiger partial charge in [0.2, 0.25) is 5.91 Å². The lowest BCUT2D eigenvalue weighted by Gasteiger charge is -2.19. The van der Waals surface area contributed by atoms with Gasteiger partial charge in [0.1, 0.15) is 18.1 Å². The second-order valence-electron chi connectivity index (χ2n) is 5.96. The normalized spacial score (nSPS) is 20.3. The minimum absolute atomic E-state index is 0.235. The smallest absolute Gasteiger partial charge is 0.319 e. The first kappa shape index (κ1) is 18.2. The molecule has 3 rings (SSSR count). The standard InChI is InChI=1S/C18H18FN3O3S/c1-26(25)14-8-2-11(3-9-14)15-10-20-17(23)16(15)22-18(24)21-13-6-4-12(19)5-7-13/h2-9,15-16H,10H2,1H3,(H,20,23)(H2,21,22,24). The molecule has 3 N–H and O–H groups in total. The molecule has 0 saturated carbocycles. The minimum Gasteiger partial charge on any atom is -0.612 e. The summed E-state index contributed by atoms with van der Waals surface area (Å²) in [6.45, 7) is 0.398. The Labute approximate surface area is 153 Å². The van der Waals surface area contributed by atoms with Crippen LogP contribution in [0.3, 0.4) is 0 Å². The zero-order chi connectivity index (χ0) is 18.7. The lowest BCUT2D eigenvalue weighted by atomic mass is 9.94. The van der Waals surface area contributed by atoms with Gasteiger partial charge < -0.3 is 20.5 Å². The van der Waals surface area contributed by atoms with E-state index >= 15 is 0 Å². The van der Waals surface area contributed by atoms with Crippen LogP contribution in [0, 0.1) is 5.82 Å². The number of anilines is 1. The molecule has 136 valence electrons. The number of hydrogen-bond acceptors (Lipinski definition) is 3. The average Bonchev–Trinajstić information content (AvgIpc) is 2.97. The van der Waals surface area contributed by atoms with Gasteiger partial charge in [-0.05, 0) is 53.1 Å². The van der Waals surface area contributed by atoms with Crippen molar-refractivity contribution in [2.75, 3.05) is 18.1 Å². The fourth-order valence-electron chi connectivity index (χ4n) is 2.85. The van der Waals surface area contributed by atoms with Gasteiger partial charge in [-0.2, -0.15) is 0 Å². The van der Waals surface area contributed by atoms with Crippen molar-refractivity contribution in [1.82, 2.24) is 10.6 Å². The molecule has 2 aromatic carbocycles. The molecule has 1 fully saturated rings. The number of carbonyl (C=O) groups is 2. The fraction of sp³-hybridized carbons (Fsp3) is 0.222. The van der Waals surface area contributed by atoms with Crippen molar-refractivity contribution >= 4 is 28.8 Å². The number of nitrogens with one attached hydrogen (secondary N) is 3. The average molecular weight is 375 g/mol. The van der Waals surface area contributed by atoms with E-state index in [9.17, 15) is 18.5 Å². The maximum absolute atomic E-state index is 12.9. The van der Waals surface area contributed by atoms with Crippen molar-refractivity contribution in [1.29, 1.82) is 0 Å². The third-order valence-corrected chi connectivity index (χ3v) is 5.15. The van der Waals surface area contributed by atoms with E-state index in [2.05, 4.69) is 16.0 Å². The Kier molecular flexibility index (Phi) is 5.43. The zero-order valence-corrected chi connectivity index (χ0v) is 14.8. The number of carbonyl (C=O) groups excluding carboxylic acids is 2. The first-order chi connectivity index (χ1) is 12.4. The number of amides is 3. The quantitative estimate of drug-likeness (QED) is 0.713. The molecule has 26 heavy (non-hydrogen) atoms. The van der Waals surface area contributed by atoms with Gasteiger partial charge in [-0.25, -0.2) is 9.18 Å². The minimum atomic E-state index is -1.08. The second kappa shape index (κ2) is 7.76. The Morgan fingerprint density at radius 3 is 2.46 bits per heavy atom. The lowest BCUT2D eigenvalue weighted by molar-refractivity contribution is -0.120. The van der Waals surface area contributed by atoms with E-state index in [0.29, 0.717) is 17.1 Å². The van der Waals surface area contributed by atoms with Gasteiger partial charge in [0, 0.05) is 18.2 Å². The molecular weight excluding hydrogens is 357 g/mol. The number of urea groups is 1. The largest absolute Gasteiger partial charge is 0.612 e. The molecule has 3 atom stereocenters. The van der Waals surface area contributed by atoms with Crippen LogP contribution < -0.4 is 16.0 Å². The van der Waals surface area contributed by atoms with Gasteiger partial charge >= 0.3 is 6.03 Å². The van der Waals surface area contributed by atoms with Gasteiger partial charge in [0.15, 0.2) is 4.90 Å². The van der Waals surface area contributed by atoms with Gasteiger partial charge in [-0.3, -0.25) is 4.79 Å². The Morgan fingerprint density at radius 1 is 1.19 bits per heavy atom. The van der Waals surface area contributed by atoms with Crippen LogP contribution in [0.4, 0.5) is 14.9 Å². The third kappa shape index (κ3) is 4.14. The Hall–Kier alpha value is -2.58. The van der Waals surface area contributed by atoms with E-state index in [1.807, 2.05) is 12.1 Å². The summed E-state index contributed by atoms with van der Waals surface area (Å²) in [7, 11) is 0. The highest BCUT2D eigenvalue weighted by Gasteiger charge is 2.36.